The van der Waals surface area contributed by atoms with Gasteiger partial charge in [-0.25, -0.2) is 4.39 Å². The minimum absolute atomic E-state index is 0.0421. The highest BCUT2D eigenvalue weighted by molar-refractivity contribution is 7.98. The second-order valence-electron chi connectivity index (χ2n) is 4.12. The first-order valence-corrected chi connectivity index (χ1v) is 7.74. The lowest BCUT2D eigenvalue weighted by molar-refractivity contribution is 0.0974. The maximum atomic E-state index is 13.5. The molecule has 0 saturated carbocycles. The van der Waals surface area contributed by atoms with Gasteiger partial charge in [-0.05, 0) is 48.8 Å². The van der Waals surface area contributed by atoms with Gasteiger partial charge in [0.1, 0.15) is 5.82 Å². The lowest BCUT2D eigenvalue weighted by Gasteiger charge is -2.10. The number of amides is 1. The van der Waals surface area contributed by atoms with Crippen molar-refractivity contribution in [3.05, 3.63) is 59.9 Å². The molecule has 0 aromatic heterocycles. The molecule has 0 saturated heterocycles. The Labute approximate surface area is 131 Å². The molecule has 0 aliphatic rings. The number of carbonyl (C=O) groups excluding carboxylic acids is 1. The number of rotatable bonds is 3. The number of thiocarbonyl (C=S) groups is 1. The van der Waals surface area contributed by atoms with Crippen LogP contribution in [-0.2, 0) is 0 Å². The fraction of sp³-hybridized carbons (Fsp3) is 0.0667. The lowest BCUT2D eigenvalue weighted by Crippen LogP contribution is -2.34. The first kappa shape index (κ1) is 15.5. The van der Waals surface area contributed by atoms with Gasteiger partial charge in [0.05, 0.1) is 5.56 Å². The second kappa shape index (κ2) is 7.19. The van der Waals surface area contributed by atoms with Gasteiger partial charge in [-0.3, -0.25) is 10.1 Å². The van der Waals surface area contributed by atoms with E-state index in [1.165, 1.54) is 18.2 Å². The Morgan fingerprint density at radius 2 is 1.95 bits per heavy atom. The minimum atomic E-state index is -0.581. The summed E-state index contributed by atoms with van der Waals surface area (Å²) in [5, 5.41) is 5.48. The Morgan fingerprint density at radius 3 is 2.67 bits per heavy atom. The summed E-state index contributed by atoms with van der Waals surface area (Å²) in [4.78, 5) is 13.0. The molecule has 21 heavy (non-hydrogen) atoms. The highest BCUT2D eigenvalue weighted by atomic mass is 32.2. The number of halogens is 1. The maximum Gasteiger partial charge on any atom is 0.260 e. The van der Waals surface area contributed by atoms with Crippen LogP contribution in [0.2, 0.25) is 0 Å². The molecule has 0 atom stereocenters. The van der Waals surface area contributed by atoms with Gasteiger partial charge in [-0.1, -0.05) is 18.2 Å². The molecule has 6 heteroatoms. The summed E-state index contributed by atoms with van der Waals surface area (Å²) in [5.41, 5.74) is 0.722. The predicted molar refractivity (Wildman–Crippen MR) is 88.3 cm³/mol. The van der Waals surface area contributed by atoms with Crippen LogP contribution in [0, 0.1) is 5.82 Å². The Morgan fingerprint density at radius 1 is 1.19 bits per heavy atom. The summed E-state index contributed by atoms with van der Waals surface area (Å²) < 4.78 is 13.5. The van der Waals surface area contributed by atoms with Crippen molar-refractivity contribution in [3.63, 3.8) is 0 Å². The average molecular weight is 320 g/mol. The molecule has 0 heterocycles. The number of nitrogens with one attached hydrogen (secondary N) is 2. The molecule has 2 rings (SSSR count). The molecule has 0 spiro atoms. The molecule has 1 amide bonds. The molecular weight excluding hydrogens is 307 g/mol. The minimum Gasteiger partial charge on any atom is -0.332 e. The number of hydrogen-bond acceptors (Lipinski definition) is 3. The maximum absolute atomic E-state index is 13.5. The van der Waals surface area contributed by atoms with E-state index in [9.17, 15) is 9.18 Å². The van der Waals surface area contributed by atoms with Crippen LogP contribution in [0.1, 0.15) is 10.4 Å². The van der Waals surface area contributed by atoms with Crippen LogP contribution < -0.4 is 10.6 Å². The standard InChI is InChI=1S/C15H13FN2OS2/c1-21-11-6-4-5-10(9-11)17-15(20)18-14(19)12-7-2-3-8-13(12)16/h2-9H,1H3,(H2,17,18,19,20). The summed E-state index contributed by atoms with van der Waals surface area (Å²) in [6.07, 6.45) is 1.97. The van der Waals surface area contributed by atoms with Crippen molar-refractivity contribution in [1.29, 1.82) is 0 Å². The summed E-state index contributed by atoms with van der Waals surface area (Å²) >= 11 is 6.67. The van der Waals surface area contributed by atoms with E-state index in [-0.39, 0.29) is 10.7 Å². The van der Waals surface area contributed by atoms with Crippen LogP contribution in [-0.4, -0.2) is 17.3 Å². The summed E-state index contributed by atoms with van der Waals surface area (Å²) in [5.74, 6) is -1.16. The number of benzene rings is 2. The van der Waals surface area contributed by atoms with Crippen molar-refractivity contribution in [2.24, 2.45) is 0 Å². The van der Waals surface area contributed by atoms with Gasteiger partial charge in [0.15, 0.2) is 5.11 Å². The Kier molecular flexibility index (Phi) is 5.30. The first-order chi connectivity index (χ1) is 10.1. The molecule has 3 nitrogen and oxygen atoms in total. The molecule has 2 aromatic rings. The van der Waals surface area contributed by atoms with Crippen LogP contribution in [0.25, 0.3) is 0 Å². The second-order valence-corrected chi connectivity index (χ2v) is 5.41. The summed E-state index contributed by atoms with van der Waals surface area (Å²) in [6, 6.07) is 13.3. The van der Waals surface area contributed by atoms with E-state index in [1.54, 1.807) is 17.8 Å². The topological polar surface area (TPSA) is 41.1 Å². The Hall–Kier alpha value is -1.92. The van der Waals surface area contributed by atoms with E-state index in [2.05, 4.69) is 10.6 Å². The van der Waals surface area contributed by atoms with Crippen LogP contribution in [0.3, 0.4) is 0 Å². The fourth-order valence-electron chi connectivity index (χ4n) is 1.68. The number of hydrogen-bond donors (Lipinski definition) is 2. The fourth-order valence-corrected chi connectivity index (χ4v) is 2.35. The highest BCUT2D eigenvalue weighted by Gasteiger charge is 2.12. The molecule has 0 radical (unpaired) electrons. The molecule has 0 unspecified atom stereocenters. The van der Waals surface area contributed by atoms with E-state index in [1.807, 2.05) is 30.5 Å². The van der Waals surface area contributed by atoms with Gasteiger partial charge in [0, 0.05) is 10.6 Å². The van der Waals surface area contributed by atoms with Crippen LogP contribution in [0.15, 0.2) is 53.4 Å². The van der Waals surface area contributed by atoms with Gasteiger partial charge in [0.2, 0.25) is 0 Å². The SMILES string of the molecule is CSc1cccc(NC(=S)NC(=O)c2ccccc2F)c1. The van der Waals surface area contributed by atoms with Crippen LogP contribution in [0.5, 0.6) is 0 Å². The molecular formula is C15H13FN2OS2. The first-order valence-electron chi connectivity index (χ1n) is 6.11. The van der Waals surface area contributed by atoms with Crippen molar-refractivity contribution in [2.75, 3.05) is 11.6 Å². The molecule has 0 bridgehead atoms. The number of carbonyl (C=O) groups is 1. The zero-order valence-electron chi connectivity index (χ0n) is 11.2. The largest absolute Gasteiger partial charge is 0.332 e. The normalized spacial score (nSPS) is 10.0. The van der Waals surface area contributed by atoms with Crippen molar-refractivity contribution in [2.45, 2.75) is 4.90 Å². The van der Waals surface area contributed by atoms with Crippen molar-refractivity contribution in [1.82, 2.24) is 5.32 Å². The van der Waals surface area contributed by atoms with E-state index in [4.69, 9.17) is 12.2 Å². The summed E-state index contributed by atoms with van der Waals surface area (Å²) in [6.45, 7) is 0. The third-order valence-electron chi connectivity index (χ3n) is 2.67. The predicted octanol–water partition coefficient (Wildman–Crippen LogP) is 3.67. The Bertz CT molecular complexity index is 676. The van der Waals surface area contributed by atoms with Gasteiger partial charge >= 0.3 is 0 Å². The molecule has 108 valence electrons. The van der Waals surface area contributed by atoms with Crippen molar-refractivity contribution < 1.29 is 9.18 Å². The zero-order valence-corrected chi connectivity index (χ0v) is 12.9. The van der Waals surface area contributed by atoms with Crippen molar-refractivity contribution >= 4 is 40.7 Å². The van der Waals surface area contributed by atoms with Gasteiger partial charge in [-0.2, -0.15) is 0 Å². The van der Waals surface area contributed by atoms with E-state index in [0.717, 1.165) is 10.6 Å². The third kappa shape index (κ3) is 4.27. The molecule has 0 aliphatic heterocycles. The van der Waals surface area contributed by atoms with Gasteiger partial charge < -0.3 is 5.32 Å². The van der Waals surface area contributed by atoms with E-state index >= 15 is 0 Å². The van der Waals surface area contributed by atoms with Crippen LogP contribution >= 0.6 is 24.0 Å². The monoisotopic (exact) mass is 320 g/mol. The quantitative estimate of drug-likeness (QED) is 0.669. The zero-order chi connectivity index (χ0) is 15.2. The van der Waals surface area contributed by atoms with E-state index in [0.29, 0.717) is 0 Å². The van der Waals surface area contributed by atoms with Gasteiger partial charge in [0.25, 0.3) is 5.91 Å². The van der Waals surface area contributed by atoms with Gasteiger partial charge in [-0.15, -0.1) is 11.8 Å². The smallest absolute Gasteiger partial charge is 0.260 e. The number of thioether (sulfide) groups is 1. The summed E-state index contributed by atoms with van der Waals surface area (Å²) in [7, 11) is 0. The average Bonchev–Trinajstić information content (AvgIpc) is 2.47. The Balaban J connectivity index is 2.01. The molecule has 0 fully saturated rings. The van der Waals surface area contributed by atoms with Crippen molar-refractivity contribution in [3.8, 4) is 0 Å². The highest BCUT2D eigenvalue weighted by Crippen LogP contribution is 2.18. The molecule has 0 aliphatic carbocycles. The number of anilines is 1. The molecule has 2 N–H and O–H groups in total. The third-order valence-corrected chi connectivity index (χ3v) is 3.60. The van der Waals surface area contributed by atoms with E-state index < -0.39 is 11.7 Å². The lowest BCUT2D eigenvalue weighted by atomic mass is 10.2. The molecule has 2 aromatic carbocycles. The van der Waals surface area contributed by atoms with Crippen LogP contribution in [0.4, 0.5) is 10.1 Å².